The van der Waals surface area contributed by atoms with E-state index in [1.165, 1.54) is 16.3 Å². The molecular weight excluding hydrogens is 280 g/mol. The van der Waals surface area contributed by atoms with Gasteiger partial charge in [0.1, 0.15) is 11.3 Å². The summed E-state index contributed by atoms with van der Waals surface area (Å²) in [6.07, 6.45) is 1.92. The molecule has 0 bridgehead atoms. The molecule has 0 fully saturated rings. The molecule has 0 spiro atoms. The van der Waals surface area contributed by atoms with Crippen molar-refractivity contribution < 1.29 is 4.42 Å². The molecule has 0 aliphatic rings. The second-order valence-corrected chi connectivity index (χ2v) is 5.88. The average Bonchev–Trinajstić information content (AvgIpc) is 3.01. The molecule has 112 valence electrons. The van der Waals surface area contributed by atoms with Crippen LogP contribution in [0.3, 0.4) is 0 Å². The zero-order valence-electron chi connectivity index (χ0n) is 13.1. The van der Waals surface area contributed by atoms with Crippen molar-refractivity contribution in [1.82, 2.24) is 0 Å². The van der Waals surface area contributed by atoms with Gasteiger partial charge in [-0.25, -0.2) is 0 Å². The van der Waals surface area contributed by atoms with Crippen LogP contribution in [0.25, 0.3) is 27.8 Å². The Bertz CT molecular complexity index is 993. The molecule has 0 N–H and O–H groups in total. The largest absolute Gasteiger partial charge is 0.460 e. The second kappa shape index (κ2) is 5.44. The van der Waals surface area contributed by atoms with Crippen LogP contribution in [0.5, 0.6) is 0 Å². The number of hydrogen-bond donors (Lipinski definition) is 0. The SMILES string of the molecule is C=Cc1c(C(C)c2ccccc2)oc2ccc3ccccc3c12. The monoisotopic (exact) mass is 298 g/mol. The Hall–Kier alpha value is -2.80. The maximum absolute atomic E-state index is 6.24. The summed E-state index contributed by atoms with van der Waals surface area (Å²) >= 11 is 0. The average molecular weight is 298 g/mol. The van der Waals surface area contributed by atoms with E-state index >= 15 is 0 Å². The predicted molar refractivity (Wildman–Crippen MR) is 97.8 cm³/mol. The summed E-state index contributed by atoms with van der Waals surface area (Å²) in [5, 5.41) is 3.61. The molecule has 4 rings (SSSR count). The lowest BCUT2D eigenvalue weighted by molar-refractivity contribution is 0.531. The maximum Gasteiger partial charge on any atom is 0.135 e. The van der Waals surface area contributed by atoms with Crippen LogP contribution in [0.2, 0.25) is 0 Å². The molecule has 1 heterocycles. The molecule has 1 unspecified atom stereocenters. The van der Waals surface area contributed by atoms with Crippen LogP contribution >= 0.6 is 0 Å². The van der Waals surface area contributed by atoms with Gasteiger partial charge in [-0.15, -0.1) is 0 Å². The lowest BCUT2D eigenvalue weighted by Gasteiger charge is -2.10. The van der Waals surface area contributed by atoms with Gasteiger partial charge >= 0.3 is 0 Å². The van der Waals surface area contributed by atoms with Gasteiger partial charge in [-0.2, -0.15) is 0 Å². The first-order chi connectivity index (χ1) is 11.3. The van der Waals surface area contributed by atoms with Crippen LogP contribution in [-0.2, 0) is 0 Å². The highest BCUT2D eigenvalue weighted by atomic mass is 16.3. The third kappa shape index (κ3) is 2.17. The minimum absolute atomic E-state index is 0.190. The summed E-state index contributed by atoms with van der Waals surface area (Å²) in [5.41, 5.74) is 3.28. The summed E-state index contributed by atoms with van der Waals surface area (Å²) in [7, 11) is 0. The van der Waals surface area contributed by atoms with E-state index in [0.29, 0.717) is 0 Å². The molecule has 4 aromatic rings. The molecular formula is C22H18O. The lowest BCUT2D eigenvalue weighted by Crippen LogP contribution is -1.95. The quantitative estimate of drug-likeness (QED) is 0.427. The normalized spacial score (nSPS) is 12.6. The van der Waals surface area contributed by atoms with E-state index < -0.39 is 0 Å². The Morgan fingerprint density at radius 3 is 2.43 bits per heavy atom. The Morgan fingerprint density at radius 2 is 1.65 bits per heavy atom. The van der Waals surface area contributed by atoms with Crippen molar-refractivity contribution in [2.45, 2.75) is 12.8 Å². The van der Waals surface area contributed by atoms with Gasteiger partial charge in [0.05, 0.1) is 0 Å². The Labute approximate surface area is 135 Å². The van der Waals surface area contributed by atoms with E-state index in [4.69, 9.17) is 4.42 Å². The summed E-state index contributed by atoms with van der Waals surface area (Å²) in [6, 6.07) is 23.1. The van der Waals surface area contributed by atoms with Gasteiger partial charge in [-0.1, -0.05) is 80.2 Å². The van der Waals surface area contributed by atoms with E-state index in [9.17, 15) is 0 Å². The van der Waals surface area contributed by atoms with Crippen molar-refractivity contribution in [3.63, 3.8) is 0 Å². The fraction of sp³-hybridized carbons (Fsp3) is 0.0909. The van der Waals surface area contributed by atoms with Crippen molar-refractivity contribution in [3.05, 3.63) is 90.2 Å². The maximum atomic E-state index is 6.24. The highest BCUT2D eigenvalue weighted by Crippen LogP contribution is 2.38. The van der Waals surface area contributed by atoms with E-state index in [2.05, 4.69) is 74.2 Å². The van der Waals surface area contributed by atoms with E-state index in [1.54, 1.807) is 0 Å². The first-order valence-electron chi connectivity index (χ1n) is 7.91. The number of furan rings is 1. The minimum atomic E-state index is 0.190. The summed E-state index contributed by atoms with van der Waals surface area (Å²) in [6.45, 7) is 6.22. The molecule has 1 heteroatoms. The Morgan fingerprint density at radius 1 is 0.913 bits per heavy atom. The first kappa shape index (κ1) is 13.8. The summed E-state index contributed by atoms with van der Waals surface area (Å²) in [5.74, 6) is 1.17. The lowest BCUT2D eigenvalue weighted by atomic mass is 9.94. The van der Waals surface area contributed by atoms with Gasteiger partial charge in [-0.3, -0.25) is 0 Å². The number of fused-ring (bicyclic) bond motifs is 3. The minimum Gasteiger partial charge on any atom is -0.460 e. The van der Waals surface area contributed by atoms with E-state index in [0.717, 1.165) is 22.3 Å². The molecule has 0 saturated heterocycles. The third-order valence-electron chi connectivity index (χ3n) is 4.54. The highest BCUT2D eigenvalue weighted by molar-refractivity contribution is 6.10. The Balaban J connectivity index is 2.01. The van der Waals surface area contributed by atoms with Crippen molar-refractivity contribution >= 4 is 27.8 Å². The molecule has 0 radical (unpaired) electrons. The van der Waals surface area contributed by atoms with Crippen LogP contribution in [0.15, 0.2) is 77.7 Å². The zero-order valence-corrected chi connectivity index (χ0v) is 13.1. The van der Waals surface area contributed by atoms with Crippen LogP contribution in [0, 0.1) is 0 Å². The van der Waals surface area contributed by atoms with Crippen molar-refractivity contribution in [2.75, 3.05) is 0 Å². The van der Waals surface area contributed by atoms with Gasteiger partial charge < -0.3 is 4.42 Å². The zero-order chi connectivity index (χ0) is 15.8. The van der Waals surface area contributed by atoms with Crippen molar-refractivity contribution in [3.8, 4) is 0 Å². The van der Waals surface area contributed by atoms with Gasteiger partial charge in [0.15, 0.2) is 0 Å². The van der Waals surface area contributed by atoms with Crippen LogP contribution in [0.1, 0.15) is 29.7 Å². The molecule has 0 aliphatic carbocycles. The molecule has 23 heavy (non-hydrogen) atoms. The molecule has 3 aromatic carbocycles. The molecule has 1 aromatic heterocycles. The fourth-order valence-corrected chi connectivity index (χ4v) is 3.33. The summed E-state index contributed by atoms with van der Waals surface area (Å²) < 4.78 is 6.24. The Kier molecular flexibility index (Phi) is 3.27. The topological polar surface area (TPSA) is 13.1 Å². The summed E-state index contributed by atoms with van der Waals surface area (Å²) in [4.78, 5) is 0. The van der Waals surface area contributed by atoms with Gasteiger partial charge in [0.25, 0.3) is 0 Å². The molecule has 0 aliphatic heterocycles. The first-order valence-corrected chi connectivity index (χ1v) is 7.91. The second-order valence-electron chi connectivity index (χ2n) is 5.88. The highest BCUT2D eigenvalue weighted by Gasteiger charge is 2.20. The molecule has 0 saturated carbocycles. The number of hydrogen-bond acceptors (Lipinski definition) is 1. The fourth-order valence-electron chi connectivity index (χ4n) is 3.33. The van der Waals surface area contributed by atoms with Gasteiger partial charge in [0.2, 0.25) is 0 Å². The number of rotatable bonds is 3. The van der Waals surface area contributed by atoms with Crippen molar-refractivity contribution in [2.24, 2.45) is 0 Å². The third-order valence-corrected chi connectivity index (χ3v) is 4.54. The van der Waals surface area contributed by atoms with Crippen LogP contribution in [-0.4, -0.2) is 0 Å². The molecule has 1 nitrogen and oxygen atoms in total. The van der Waals surface area contributed by atoms with E-state index in [1.807, 2.05) is 12.1 Å². The van der Waals surface area contributed by atoms with Gasteiger partial charge in [-0.05, 0) is 22.4 Å². The smallest absolute Gasteiger partial charge is 0.135 e. The standard InChI is InChI=1S/C22H18O/c1-3-18-21-19-12-8-7-11-17(19)13-14-20(21)23-22(18)15(2)16-9-5-4-6-10-16/h3-15H,1H2,2H3. The predicted octanol–water partition coefficient (Wildman–Crippen LogP) is 6.38. The van der Waals surface area contributed by atoms with Crippen LogP contribution in [0.4, 0.5) is 0 Å². The van der Waals surface area contributed by atoms with Gasteiger partial charge in [0, 0.05) is 16.9 Å². The van der Waals surface area contributed by atoms with Crippen molar-refractivity contribution in [1.29, 1.82) is 0 Å². The van der Waals surface area contributed by atoms with Crippen LogP contribution < -0.4 is 0 Å². The molecule has 1 atom stereocenters. The van der Waals surface area contributed by atoms with E-state index in [-0.39, 0.29) is 5.92 Å². The number of benzene rings is 3. The molecule has 0 amide bonds.